The number of nitrogens with zero attached hydrogens (tertiary/aromatic N) is 2. The Bertz CT molecular complexity index is 737. The Balaban J connectivity index is 1.89. The van der Waals surface area contributed by atoms with Crippen molar-refractivity contribution in [3.63, 3.8) is 0 Å². The minimum absolute atomic E-state index is 0.217. The summed E-state index contributed by atoms with van der Waals surface area (Å²) in [6.45, 7) is 0. The maximum Gasteiger partial charge on any atom is 0.276 e. The molecule has 0 aliphatic rings. The minimum Gasteiger partial charge on any atom is -0.321 e. The molecule has 1 N–H and O–H groups in total. The molecule has 2 aromatic heterocycles. The van der Waals surface area contributed by atoms with Gasteiger partial charge in [0, 0.05) is 16.4 Å². The first-order valence-electron chi connectivity index (χ1n) is 5.74. The second-order valence-electron chi connectivity index (χ2n) is 4.07. The Labute approximate surface area is 118 Å². The van der Waals surface area contributed by atoms with E-state index in [-0.39, 0.29) is 5.91 Å². The number of hydrogen-bond acceptors (Lipinski definition) is 2. The number of anilines is 1. The summed E-state index contributed by atoms with van der Waals surface area (Å²) in [5, 5.41) is 7.05. The van der Waals surface area contributed by atoms with Crippen molar-refractivity contribution in [1.29, 1.82) is 0 Å². The third kappa shape index (κ3) is 2.51. The summed E-state index contributed by atoms with van der Waals surface area (Å²) in [5.74, 6) is -0.217. The van der Waals surface area contributed by atoms with Gasteiger partial charge in [0.2, 0.25) is 0 Å². The molecule has 1 aromatic carbocycles. The average Bonchev–Trinajstić information content (AvgIpc) is 2.83. The van der Waals surface area contributed by atoms with Crippen molar-refractivity contribution < 1.29 is 4.79 Å². The van der Waals surface area contributed by atoms with E-state index in [1.54, 1.807) is 10.6 Å². The second-order valence-corrected chi connectivity index (χ2v) is 4.98. The highest BCUT2D eigenvalue weighted by Crippen LogP contribution is 2.14. The van der Waals surface area contributed by atoms with Gasteiger partial charge in [-0.15, -0.1) is 0 Å². The predicted octanol–water partition coefficient (Wildman–Crippen LogP) is 3.35. The first-order valence-corrected chi connectivity index (χ1v) is 6.53. The zero-order valence-corrected chi connectivity index (χ0v) is 11.5. The van der Waals surface area contributed by atoms with Crippen LogP contribution in [0.15, 0.2) is 59.2 Å². The van der Waals surface area contributed by atoms with Crippen LogP contribution in [0.25, 0.3) is 5.52 Å². The zero-order valence-electron chi connectivity index (χ0n) is 9.88. The van der Waals surface area contributed by atoms with Crippen LogP contribution in [-0.4, -0.2) is 15.5 Å². The number of hydrogen-bond donors (Lipinski definition) is 1. The van der Waals surface area contributed by atoms with Crippen LogP contribution in [0.1, 0.15) is 10.5 Å². The molecule has 19 heavy (non-hydrogen) atoms. The van der Waals surface area contributed by atoms with Gasteiger partial charge in [-0.05, 0) is 46.3 Å². The predicted molar refractivity (Wildman–Crippen MR) is 77.3 cm³/mol. The van der Waals surface area contributed by atoms with Crippen LogP contribution in [-0.2, 0) is 0 Å². The lowest BCUT2D eigenvalue weighted by molar-refractivity contribution is 0.102. The first-order chi connectivity index (χ1) is 9.22. The Kier molecular flexibility index (Phi) is 3.05. The van der Waals surface area contributed by atoms with E-state index < -0.39 is 0 Å². The number of amides is 1. The molecule has 94 valence electrons. The molecule has 1 amide bonds. The number of para-hydroxylation sites is 1. The molecule has 3 rings (SSSR count). The van der Waals surface area contributed by atoms with Crippen LogP contribution in [0.4, 0.5) is 5.69 Å². The van der Waals surface area contributed by atoms with Gasteiger partial charge in [-0.25, -0.2) is 4.52 Å². The fourth-order valence-electron chi connectivity index (χ4n) is 1.79. The van der Waals surface area contributed by atoms with Gasteiger partial charge >= 0.3 is 0 Å². The molecule has 0 atom stereocenters. The van der Waals surface area contributed by atoms with Crippen molar-refractivity contribution >= 4 is 33.0 Å². The molecule has 4 nitrogen and oxygen atoms in total. The van der Waals surface area contributed by atoms with Crippen LogP contribution in [0, 0.1) is 0 Å². The smallest absolute Gasteiger partial charge is 0.276 e. The minimum atomic E-state index is -0.217. The van der Waals surface area contributed by atoms with Crippen molar-refractivity contribution in [2.75, 3.05) is 5.32 Å². The molecule has 0 unspecified atom stereocenters. The largest absolute Gasteiger partial charge is 0.321 e. The van der Waals surface area contributed by atoms with Crippen LogP contribution >= 0.6 is 15.9 Å². The van der Waals surface area contributed by atoms with Gasteiger partial charge in [0.15, 0.2) is 5.69 Å². The highest BCUT2D eigenvalue weighted by atomic mass is 79.9. The van der Waals surface area contributed by atoms with Gasteiger partial charge in [0.05, 0.1) is 5.52 Å². The average molecular weight is 316 g/mol. The fraction of sp³-hybridized carbons (Fsp3) is 0. The summed E-state index contributed by atoms with van der Waals surface area (Å²) >= 11 is 3.37. The Morgan fingerprint density at radius 1 is 1.16 bits per heavy atom. The number of halogens is 1. The lowest BCUT2D eigenvalue weighted by Gasteiger charge is -2.01. The van der Waals surface area contributed by atoms with Crippen molar-refractivity contribution in [3.8, 4) is 0 Å². The van der Waals surface area contributed by atoms with E-state index in [4.69, 9.17) is 0 Å². The molecule has 3 aromatic rings. The first kappa shape index (κ1) is 11.9. The maximum atomic E-state index is 12.1. The number of rotatable bonds is 2. The summed E-state index contributed by atoms with van der Waals surface area (Å²) in [4.78, 5) is 12.1. The molecule has 0 radical (unpaired) electrons. The summed E-state index contributed by atoms with van der Waals surface area (Å²) < 4.78 is 2.59. The quantitative estimate of drug-likeness (QED) is 0.788. The molecule has 2 heterocycles. The topological polar surface area (TPSA) is 46.4 Å². The van der Waals surface area contributed by atoms with Gasteiger partial charge in [-0.1, -0.05) is 18.2 Å². The standard InChI is InChI=1S/C14H10BrN3O/c15-10-6-7-12-8-13(17-18(12)9-10)14(19)16-11-4-2-1-3-5-11/h1-9H,(H,16,19). The number of benzene rings is 1. The van der Waals surface area contributed by atoms with E-state index in [0.29, 0.717) is 5.69 Å². The third-order valence-electron chi connectivity index (χ3n) is 2.69. The van der Waals surface area contributed by atoms with Gasteiger partial charge < -0.3 is 5.32 Å². The summed E-state index contributed by atoms with van der Waals surface area (Å²) in [5.41, 5.74) is 2.02. The molecule has 0 saturated heterocycles. The van der Waals surface area contributed by atoms with Crippen LogP contribution in [0.5, 0.6) is 0 Å². The molecular formula is C14H10BrN3O. The fourth-order valence-corrected chi connectivity index (χ4v) is 2.12. The monoisotopic (exact) mass is 315 g/mol. The molecule has 0 saturated carbocycles. The summed E-state index contributed by atoms with van der Waals surface area (Å²) in [6.07, 6.45) is 1.81. The van der Waals surface area contributed by atoms with Crippen LogP contribution in [0.2, 0.25) is 0 Å². The van der Waals surface area contributed by atoms with Crippen LogP contribution < -0.4 is 5.32 Å². The third-order valence-corrected chi connectivity index (χ3v) is 3.16. The maximum absolute atomic E-state index is 12.1. The van der Waals surface area contributed by atoms with Crippen molar-refractivity contribution in [3.05, 3.63) is 64.9 Å². The van der Waals surface area contributed by atoms with Crippen molar-refractivity contribution in [2.24, 2.45) is 0 Å². The SMILES string of the molecule is O=C(Nc1ccccc1)c1cc2ccc(Br)cn2n1. The molecule has 0 bridgehead atoms. The zero-order chi connectivity index (χ0) is 13.2. The number of pyridine rings is 1. The summed E-state index contributed by atoms with van der Waals surface area (Å²) in [6, 6.07) is 14.9. The highest BCUT2D eigenvalue weighted by molar-refractivity contribution is 9.10. The number of carbonyl (C=O) groups is 1. The molecule has 0 fully saturated rings. The normalized spacial score (nSPS) is 10.6. The van der Waals surface area contributed by atoms with Crippen molar-refractivity contribution in [2.45, 2.75) is 0 Å². The second kappa shape index (κ2) is 4.85. The van der Waals surface area contributed by atoms with Gasteiger partial charge in [-0.3, -0.25) is 4.79 Å². The van der Waals surface area contributed by atoms with Gasteiger partial charge in [0.25, 0.3) is 5.91 Å². The van der Waals surface area contributed by atoms with E-state index in [1.807, 2.05) is 48.7 Å². The van der Waals surface area contributed by atoms with Crippen molar-refractivity contribution in [1.82, 2.24) is 9.61 Å². The molecule has 5 heteroatoms. The van der Waals surface area contributed by atoms with Crippen LogP contribution in [0.3, 0.4) is 0 Å². The highest BCUT2D eigenvalue weighted by Gasteiger charge is 2.10. The Hall–Kier alpha value is -2.14. The Morgan fingerprint density at radius 3 is 2.74 bits per heavy atom. The van der Waals surface area contributed by atoms with Gasteiger partial charge in [0.1, 0.15) is 0 Å². The molecule has 0 spiro atoms. The summed E-state index contributed by atoms with van der Waals surface area (Å²) in [7, 11) is 0. The van der Waals surface area contributed by atoms with E-state index in [2.05, 4.69) is 26.3 Å². The van der Waals surface area contributed by atoms with E-state index in [1.165, 1.54) is 0 Å². The number of nitrogens with one attached hydrogen (secondary N) is 1. The molecular weight excluding hydrogens is 306 g/mol. The number of fused-ring (bicyclic) bond motifs is 1. The van der Waals surface area contributed by atoms with E-state index in [9.17, 15) is 4.79 Å². The lowest BCUT2D eigenvalue weighted by atomic mass is 10.3. The number of aromatic nitrogens is 2. The van der Waals surface area contributed by atoms with E-state index >= 15 is 0 Å². The lowest BCUT2D eigenvalue weighted by Crippen LogP contribution is -2.12. The number of carbonyl (C=O) groups excluding carboxylic acids is 1. The molecule has 0 aliphatic carbocycles. The Morgan fingerprint density at radius 2 is 1.95 bits per heavy atom. The van der Waals surface area contributed by atoms with Gasteiger partial charge in [-0.2, -0.15) is 5.10 Å². The molecule has 0 aliphatic heterocycles. The van der Waals surface area contributed by atoms with E-state index in [0.717, 1.165) is 15.7 Å².